The molecule has 5 rings (SSSR count). The predicted molar refractivity (Wildman–Crippen MR) is 257 cm³/mol. The van der Waals surface area contributed by atoms with Gasteiger partial charge in [0.15, 0.2) is 0 Å². The molecule has 70 heavy (non-hydrogen) atoms. The van der Waals surface area contributed by atoms with E-state index in [0.717, 1.165) is 37.2 Å². The quantitative estimate of drug-likeness (QED) is 0.0835. The van der Waals surface area contributed by atoms with E-state index in [0.29, 0.717) is 48.6 Å². The van der Waals surface area contributed by atoms with E-state index < -0.39 is 89.3 Å². The average Bonchev–Trinajstić information content (AvgIpc) is 3.75. The Labute approximate surface area is 407 Å². The highest BCUT2D eigenvalue weighted by atomic mass is 19.1. The van der Waals surface area contributed by atoms with Crippen molar-refractivity contribution >= 4 is 35.7 Å². The van der Waals surface area contributed by atoms with Crippen molar-refractivity contribution in [2.45, 2.75) is 85.7 Å². The number of nitrogens with zero attached hydrogens (tertiary/aromatic N) is 6. The molecule has 4 aromatic rings. The first kappa shape index (κ1) is 53.8. The molecule has 5 N–H and O–H groups in total. The van der Waals surface area contributed by atoms with E-state index in [1.807, 2.05) is 12.1 Å². The lowest BCUT2D eigenvalue weighted by Gasteiger charge is -2.35. The van der Waals surface area contributed by atoms with E-state index in [1.165, 1.54) is 4.68 Å². The van der Waals surface area contributed by atoms with Crippen molar-refractivity contribution in [3.63, 3.8) is 0 Å². The Morgan fingerprint density at radius 3 is 1.86 bits per heavy atom. The molecule has 3 heterocycles. The maximum atomic E-state index is 16.0. The van der Waals surface area contributed by atoms with Crippen LogP contribution >= 0.6 is 0 Å². The molecule has 0 aliphatic carbocycles. The SMILES string of the molecule is COC(=O)N[C@H](C(=O)N[C@@H](Cc1ccc(C#Cc2ccc(N3CCN(C(C)=O)CC3)nc2)cc1)[C@@H](O)CN(Cc1c(F)cc(-c2ccn(C)n2)cc1F)NC(=O)[C@@H](NC(=O)OC)C(C)(C)C)C(C)(C)C. The second kappa shape index (κ2) is 23.5. The molecular weight excluding hydrogens is 907 g/mol. The number of carbonyl (C=O) groups excluding carboxylic acids is 5. The van der Waals surface area contributed by atoms with Crippen LogP contribution in [0.15, 0.2) is 67.0 Å². The van der Waals surface area contributed by atoms with Crippen molar-refractivity contribution in [1.82, 2.24) is 46.0 Å². The Bertz CT molecular complexity index is 2520. The average molecular weight is 971 g/mol. The molecule has 18 nitrogen and oxygen atoms in total. The lowest BCUT2D eigenvalue weighted by Crippen LogP contribution is -2.61. The van der Waals surface area contributed by atoms with Gasteiger partial charge in [-0.2, -0.15) is 5.10 Å². The van der Waals surface area contributed by atoms with Crippen LogP contribution in [0.1, 0.15) is 70.7 Å². The molecular formula is C50H64F2N10O8. The Morgan fingerprint density at radius 2 is 1.36 bits per heavy atom. The van der Waals surface area contributed by atoms with Gasteiger partial charge in [-0.15, -0.1) is 0 Å². The fraction of sp³-hybridized carbons (Fsp3) is 0.460. The number of aliphatic hydroxyl groups is 1. The minimum absolute atomic E-state index is 0.000442. The highest BCUT2D eigenvalue weighted by Crippen LogP contribution is 2.26. The Hall–Kier alpha value is -7.11. The van der Waals surface area contributed by atoms with Crippen LogP contribution in [0.5, 0.6) is 0 Å². The summed E-state index contributed by atoms with van der Waals surface area (Å²) in [4.78, 5) is 73.2. The molecule has 0 spiro atoms. The lowest BCUT2D eigenvalue weighted by atomic mass is 9.85. The van der Waals surface area contributed by atoms with Crippen LogP contribution in [0.3, 0.4) is 0 Å². The number of methoxy groups -OCH3 is 2. The summed E-state index contributed by atoms with van der Waals surface area (Å²) in [5.74, 6) is 3.71. The Kier molecular flexibility index (Phi) is 18.0. The summed E-state index contributed by atoms with van der Waals surface area (Å²) in [6.45, 7) is 13.3. The van der Waals surface area contributed by atoms with E-state index in [-0.39, 0.29) is 17.9 Å². The van der Waals surface area contributed by atoms with Crippen LogP contribution in [-0.4, -0.2) is 131 Å². The predicted octanol–water partition coefficient (Wildman–Crippen LogP) is 4.29. The highest BCUT2D eigenvalue weighted by Gasteiger charge is 2.38. The second-order valence-electron chi connectivity index (χ2n) is 19.3. The molecule has 4 atom stereocenters. The van der Waals surface area contributed by atoms with Crippen LogP contribution in [0.25, 0.3) is 11.3 Å². The number of pyridine rings is 1. The first-order chi connectivity index (χ1) is 32.9. The summed E-state index contributed by atoms with van der Waals surface area (Å²) in [6, 6.07) is 11.1. The lowest BCUT2D eigenvalue weighted by molar-refractivity contribution is -0.132. The molecule has 1 aliphatic heterocycles. The molecule has 5 amide bonds. The number of carbonyl (C=O) groups is 5. The van der Waals surface area contributed by atoms with E-state index in [4.69, 9.17) is 9.47 Å². The number of ether oxygens (including phenoxy) is 2. The molecule has 2 aromatic heterocycles. The highest BCUT2D eigenvalue weighted by molar-refractivity contribution is 5.87. The van der Waals surface area contributed by atoms with Gasteiger partial charge in [0.05, 0.1) is 32.1 Å². The smallest absolute Gasteiger partial charge is 0.407 e. The van der Waals surface area contributed by atoms with Gasteiger partial charge in [0, 0.05) is 87.9 Å². The first-order valence-corrected chi connectivity index (χ1v) is 22.7. The number of nitrogens with one attached hydrogen (secondary N) is 4. The fourth-order valence-corrected chi connectivity index (χ4v) is 7.66. The zero-order chi connectivity index (χ0) is 51.5. The summed E-state index contributed by atoms with van der Waals surface area (Å²) >= 11 is 0. The van der Waals surface area contributed by atoms with E-state index in [2.05, 4.69) is 48.2 Å². The standard InChI is InChI=1S/C50H64F2N10O8/c1-31(63)60-21-23-61(24-22-60)42-18-17-34(28-53-42)16-13-32-11-14-33(15-12-32)25-40(54-45(65)43(49(2,3)4)55-47(67)69-9)41(64)30-62(58-46(66)44(50(5,6)7)56-48(68)70-10)29-36-37(51)26-35(27-38(36)52)39-19-20-59(8)57-39/h11-12,14-15,17-20,26-28,40-41,43-44,64H,21-25,29-30H2,1-10H3,(H,54,65)(H,55,67)(H,56,68)(H,58,66)/t40-,41-,43+,44+/m0/s1. The fourth-order valence-electron chi connectivity index (χ4n) is 7.66. The monoisotopic (exact) mass is 970 g/mol. The molecule has 0 radical (unpaired) electrons. The van der Waals surface area contributed by atoms with Gasteiger partial charge in [0.1, 0.15) is 29.5 Å². The molecule has 0 bridgehead atoms. The number of hydrogen-bond donors (Lipinski definition) is 5. The van der Waals surface area contributed by atoms with Gasteiger partial charge in [-0.3, -0.25) is 24.5 Å². The van der Waals surface area contributed by atoms with Crippen molar-refractivity contribution in [2.75, 3.05) is 51.8 Å². The van der Waals surface area contributed by atoms with Crippen molar-refractivity contribution in [1.29, 1.82) is 0 Å². The van der Waals surface area contributed by atoms with Gasteiger partial charge in [0.2, 0.25) is 11.8 Å². The van der Waals surface area contributed by atoms with Gasteiger partial charge >= 0.3 is 12.2 Å². The summed E-state index contributed by atoms with van der Waals surface area (Å²) in [5, 5.41) is 25.4. The van der Waals surface area contributed by atoms with Gasteiger partial charge in [0.25, 0.3) is 5.91 Å². The number of hydrazine groups is 1. The van der Waals surface area contributed by atoms with Gasteiger partial charge < -0.3 is 40.3 Å². The zero-order valence-corrected chi connectivity index (χ0v) is 41.4. The number of anilines is 1. The summed E-state index contributed by atoms with van der Waals surface area (Å²) in [7, 11) is 3.96. The Balaban J connectivity index is 1.44. The maximum Gasteiger partial charge on any atom is 0.407 e. The number of piperazine rings is 1. The normalized spacial score (nSPS) is 14.6. The van der Waals surface area contributed by atoms with Gasteiger partial charge in [-0.1, -0.05) is 65.5 Å². The van der Waals surface area contributed by atoms with Crippen molar-refractivity contribution in [3.05, 3.63) is 101 Å². The zero-order valence-electron chi connectivity index (χ0n) is 41.4. The number of amides is 5. The number of alkyl carbamates (subject to hydrolysis) is 2. The maximum absolute atomic E-state index is 16.0. The summed E-state index contributed by atoms with van der Waals surface area (Å²) in [5.41, 5.74) is 2.92. The number of rotatable bonds is 15. The summed E-state index contributed by atoms with van der Waals surface area (Å²) in [6.07, 6.45) is -0.00753. The van der Waals surface area contributed by atoms with E-state index >= 15 is 8.78 Å². The number of hydrogen-bond acceptors (Lipinski definition) is 12. The number of aromatic nitrogens is 3. The van der Waals surface area contributed by atoms with Crippen molar-refractivity contribution in [2.24, 2.45) is 17.9 Å². The summed E-state index contributed by atoms with van der Waals surface area (Å²) < 4.78 is 43.0. The van der Waals surface area contributed by atoms with Crippen LogP contribution in [0.2, 0.25) is 0 Å². The third-order valence-electron chi connectivity index (χ3n) is 11.7. The molecule has 0 unspecified atom stereocenters. The van der Waals surface area contributed by atoms with Gasteiger partial charge in [-0.05, 0) is 65.3 Å². The number of benzene rings is 2. The third-order valence-corrected chi connectivity index (χ3v) is 11.7. The first-order valence-electron chi connectivity index (χ1n) is 22.7. The third kappa shape index (κ3) is 14.9. The van der Waals surface area contributed by atoms with Crippen LogP contribution in [-0.2, 0) is 43.9 Å². The molecule has 20 heteroatoms. The molecule has 0 saturated carbocycles. The molecule has 376 valence electrons. The topological polar surface area (TPSA) is 213 Å². The molecule has 2 aromatic carbocycles. The second-order valence-corrected chi connectivity index (χ2v) is 19.3. The van der Waals surface area contributed by atoms with Gasteiger partial charge in [-0.25, -0.2) is 28.4 Å². The van der Waals surface area contributed by atoms with Crippen LogP contribution in [0.4, 0.5) is 24.2 Å². The van der Waals surface area contributed by atoms with E-state index in [9.17, 15) is 29.1 Å². The minimum atomic E-state index is -1.56. The van der Waals surface area contributed by atoms with Crippen LogP contribution < -0.4 is 26.3 Å². The number of aliphatic hydroxyl groups excluding tert-OH is 1. The molecule has 1 saturated heterocycles. The minimum Gasteiger partial charge on any atom is -0.453 e. The van der Waals surface area contributed by atoms with Crippen molar-refractivity contribution in [3.8, 4) is 23.1 Å². The molecule has 1 aliphatic rings. The Morgan fingerprint density at radius 1 is 0.800 bits per heavy atom. The largest absolute Gasteiger partial charge is 0.453 e. The van der Waals surface area contributed by atoms with E-state index in [1.54, 1.807) is 103 Å². The van der Waals surface area contributed by atoms with Crippen LogP contribution in [0, 0.1) is 34.3 Å². The number of aryl methyl sites for hydroxylation is 1. The van der Waals surface area contributed by atoms with Crippen molar-refractivity contribution < 1.29 is 47.3 Å². The molecule has 1 fully saturated rings. The number of halogens is 2.